The van der Waals surface area contributed by atoms with E-state index in [9.17, 15) is 23.6 Å². The molecule has 0 radical (unpaired) electrons. The van der Waals surface area contributed by atoms with E-state index in [1.807, 2.05) is 0 Å². The lowest BCUT2D eigenvalue weighted by Crippen LogP contribution is -2.54. The minimum absolute atomic E-state index is 0.0134. The number of amides is 4. The van der Waals surface area contributed by atoms with Gasteiger partial charge >= 0.3 is 12.0 Å². The molecule has 9 heteroatoms. The molecule has 2 N–H and O–H groups in total. The average Bonchev–Trinajstić information content (AvgIpc) is 3.19. The Hall–Kier alpha value is -4.53. The topological polar surface area (TPSA) is 109 Å². The molecule has 31 heavy (non-hydrogen) atoms. The van der Waals surface area contributed by atoms with E-state index in [2.05, 4.69) is 5.32 Å². The number of anilines is 1. The predicted octanol–water partition coefficient (Wildman–Crippen LogP) is 2.98. The number of carbonyl (C=O) groups is 4. The number of barbiturate groups is 1. The van der Waals surface area contributed by atoms with Crippen molar-refractivity contribution in [3.05, 3.63) is 89.5 Å². The Morgan fingerprint density at radius 1 is 0.968 bits per heavy atom. The van der Waals surface area contributed by atoms with Gasteiger partial charge in [-0.1, -0.05) is 6.07 Å². The van der Waals surface area contributed by atoms with Gasteiger partial charge in [0.2, 0.25) is 0 Å². The first-order valence-corrected chi connectivity index (χ1v) is 9.03. The van der Waals surface area contributed by atoms with Gasteiger partial charge < -0.3 is 9.67 Å². The summed E-state index contributed by atoms with van der Waals surface area (Å²) in [6.07, 6.45) is 2.98. The summed E-state index contributed by atoms with van der Waals surface area (Å²) in [6.45, 7) is 0. The van der Waals surface area contributed by atoms with Gasteiger partial charge in [-0.25, -0.2) is 18.9 Å². The number of nitrogens with one attached hydrogen (secondary N) is 1. The Bertz CT molecular complexity index is 1260. The summed E-state index contributed by atoms with van der Waals surface area (Å²) < 4.78 is 15.2. The summed E-state index contributed by atoms with van der Waals surface area (Å²) in [5.41, 5.74) is 0.826. The lowest BCUT2D eigenvalue weighted by Gasteiger charge is -2.26. The van der Waals surface area contributed by atoms with Gasteiger partial charge in [0.25, 0.3) is 11.8 Å². The van der Waals surface area contributed by atoms with Crippen LogP contribution < -0.4 is 10.2 Å². The van der Waals surface area contributed by atoms with Crippen LogP contribution in [0.2, 0.25) is 0 Å². The summed E-state index contributed by atoms with van der Waals surface area (Å²) in [5.74, 6) is -3.47. The fourth-order valence-electron chi connectivity index (χ4n) is 3.17. The molecule has 1 aliphatic heterocycles. The third kappa shape index (κ3) is 3.71. The highest BCUT2D eigenvalue weighted by atomic mass is 19.1. The molecule has 0 unspecified atom stereocenters. The van der Waals surface area contributed by atoms with Crippen molar-refractivity contribution in [2.24, 2.45) is 0 Å². The van der Waals surface area contributed by atoms with Crippen LogP contribution in [0, 0.1) is 5.82 Å². The van der Waals surface area contributed by atoms with Crippen molar-refractivity contribution in [3.63, 3.8) is 0 Å². The summed E-state index contributed by atoms with van der Waals surface area (Å²) in [5, 5.41) is 11.1. The summed E-state index contributed by atoms with van der Waals surface area (Å²) >= 11 is 0. The zero-order valence-corrected chi connectivity index (χ0v) is 15.8. The van der Waals surface area contributed by atoms with Gasteiger partial charge in [-0.2, -0.15) is 0 Å². The van der Waals surface area contributed by atoms with Gasteiger partial charge in [-0.15, -0.1) is 0 Å². The SMILES string of the molecule is O=C1NC(=O)N(c2cccc(F)c2)C(=O)/C1=C/c1cccn1-c1ccc(C(=O)O)cc1. The molecule has 3 aromatic rings. The molecule has 0 bridgehead atoms. The number of hydrogen-bond donors (Lipinski definition) is 2. The van der Waals surface area contributed by atoms with E-state index in [0.717, 1.165) is 6.07 Å². The maximum atomic E-state index is 13.6. The van der Waals surface area contributed by atoms with E-state index < -0.39 is 29.6 Å². The number of carboxylic acids is 1. The highest BCUT2D eigenvalue weighted by Gasteiger charge is 2.37. The largest absolute Gasteiger partial charge is 0.478 e. The van der Waals surface area contributed by atoms with Crippen molar-refractivity contribution in [1.29, 1.82) is 0 Å². The van der Waals surface area contributed by atoms with Crippen molar-refractivity contribution in [2.75, 3.05) is 4.90 Å². The molecule has 0 saturated carbocycles. The third-order valence-corrected chi connectivity index (χ3v) is 4.63. The molecule has 2 heterocycles. The molecule has 1 aromatic heterocycles. The highest BCUT2D eigenvalue weighted by molar-refractivity contribution is 6.39. The van der Waals surface area contributed by atoms with Crippen LogP contribution in [-0.2, 0) is 9.59 Å². The molecule has 8 nitrogen and oxygen atoms in total. The number of rotatable bonds is 4. The van der Waals surface area contributed by atoms with Crippen LogP contribution in [0.1, 0.15) is 16.1 Å². The average molecular weight is 419 g/mol. The van der Waals surface area contributed by atoms with E-state index in [1.54, 1.807) is 35.0 Å². The molecule has 4 rings (SSSR count). The second-order valence-corrected chi connectivity index (χ2v) is 6.59. The number of halogens is 1. The number of imide groups is 2. The predicted molar refractivity (Wildman–Crippen MR) is 108 cm³/mol. The van der Waals surface area contributed by atoms with E-state index >= 15 is 0 Å². The fourth-order valence-corrected chi connectivity index (χ4v) is 3.17. The second-order valence-electron chi connectivity index (χ2n) is 6.59. The minimum Gasteiger partial charge on any atom is -0.478 e. The van der Waals surface area contributed by atoms with Gasteiger partial charge in [-0.3, -0.25) is 14.9 Å². The first-order valence-electron chi connectivity index (χ1n) is 9.03. The van der Waals surface area contributed by atoms with E-state index in [-0.39, 0.29) is 16.8 Å². The number of aromatic nitrogens is 1. The molecule has 1 saturated heterocycles. The Labute approximate surface area is 174 Å². The zero-order valence-electron chi connectivity index (χ0n) is 15.8. The van der Waals surface area contributed by atoms with Crippen LogP contribution in [0.3, 0.4) is 0 Å². The molecule has 0 aliphatic carbocycles. The summed E-state index contributed by atoms with van der Waals surface area (Å²) in [7, 11) is 0. The van der Waals surface area contributed by atoms with E-state index in [1.165, 1.54) is 36.4 Å². The summed E-state index contributed by atoms with van der Waals surface area (Å²) in [6, 6.07) is 13.3. The maximum Gasteiger partial charge on any atom is 0.335 e. The number of hydrogen-bond acceptors (Lipinski definition) is 4. The smallest absolute Gasteiger partial charge is 0.335 e. The molecular weight excluding hydrogens is 405 g/mol. The zero-order chi connectivity index (χ0) is 22.1. The third-order valence-electron chi connectivity index (χ3n) is 4.63. The molecule has 0 spiro atoms. The maximum absolute atomic E-state index is 13.6. The lowest BCUT2D eigenvalue weighted by atomic mass is 10.1. The van der Waals surface area contributed by atoms with Crippen molar-refractivity contribution < 1.29 is 28.7 Å². The molecule has 1 fully saturated rings. The van der Waals surface area contributed by atoms with Crippen LogP contribution in [-0.4, -0.2) is 33.5 Å². The summed E-state index contributed by atoms with van der Waals surface area (Å²) in [4.78, 5) is 49.2. The number of urea groups is 1. The lowest BCUT2D eigenvalue weighted by molar-refractivity contribution is -0.122. The van der Waals surface area contributed by atoms with Gasteiger partial charge in [0.1, 0.15) is 11.4 Å². The highest BCUT2D eigenvalue weighted by Crippen LogP contribution is 2.23. The minimum atomic E-state index is -1.06. The number of benzene rings is 2. The standard InChI is InChI=1S/C22H14FN3O5/c23-14-3-1-4-17(11-14)26-20(28)18(19(27)24-22(26)31)12-16-5-2-10-25(16)15-8-6-13(7-9-15)21(29)30/h1-12H,(H,29,30)(H,24,27,31)/b18-12+. The monoisotopic (exact) mass is 419 g/mol. The first-order chi connectivity index (χ1) is 14.8. The molecule has 4 amide bonds. The molecule has 2 aromatic carbocycles. The molecule has 1 aliphatic rings. The Morgan fingerprint density at radius 2 is 1.71 bits per heavy atom. The molecule has 154 valence electrons. The van der Waals surface area contributed by atoms with Crippen molar-refractivity contribution in [1.82, 2.24) is 9.88 Å². The van der Waals surface area contributed by atoms with Crippen molar-refractivity contribution in [2.45, 2.75) is 0 Å². The van der Waals surface area contributed by atoms with Crippen LogP contribution >= 0.6 is 0 Å². The Balaban J connectivity index is 1.72. The van der Waals surface area contributed by atoms with Crippen molar-refractivity contribution >= 4 is 35.6 Å². The quantitative estimate of drug-likeness (QED) is 0.499. The van der Waals surface area contributed by atoms with Crippen LogP contribution in [0.4, 0.5) is 14.9 Å². The number of carbonyl (C=O) groups excluding carboxylic acids is 3. The van der Waals surface area contributed by atoms with Gasteiger partial charge in [0.05, 0.1) is 11.3 Å². The second kappa shape index (κ2) is 7.71. The van der Waals surface area contributed by atoms with Crippen LogP contribution in [0.25, 0.3) is 11.8 Å². The van der Waals surface area contributed by atoms with Crippen LogP contribution in [0.15, 0.2) is 72.4 Å². The van der Waals surface area contributed by atoms with E-state index in [0.29, 0.717) is 16.3 Å². The van der Waals surface area contributed by atoms with E-state index in [4.69, 9.17) is 5.11 Å². The number of nitrogens with zero attached hydrogens (tertiary/aromatic N) is 2. The Morgan fingerprint density at radius 3 is 2.39 bits per heavy atom. The normalized spacial score (nSPS) is 15.3. The first kappa shape index (κ1) is 19.8. The van der Waals surface area contributed by atoms with Gasteiger partial charge in [0, 0.05) is 17.6 Å². The number of carboxylic acid groups (broad SMARTS) is 1. The van der Waals surface area contributed by atoms with Gasteiger partial charge in [0.15, 0.2) is 0 Å². The van der Waals surface area contributed by atoms with Crippen LogP contribution in [0.5, 0.6) is 0 Å². The van der Waals surface area contributed by atoms with Gasteiger partial charge in [-0.05, 0) is 60.7 Å². The number of aromatic carboxylic acids is 1. The molecule has 0 atom stereocenters. The van der Waals surface area contributed by atoms with Crippen molar-refractivity contribution in [3.8, 4) is 5.69 Å². The Kier molecular flexibility index (Phi) is 4.92. The molecular formula is C22H14FN3O5. The fraction of sp³-hybridized carbons (Fsp3) is 0.